The summed E-state index contributed by atoms with van der Waals surface area (Å²) in [7, 11) is 3.04. The molecule has 1 aromatic heterocycles. The fraction of sp³-hybridized carbons (Fsp3) is 0.667. The summed E-state index contributed by atoms with van der Waals surface area (Å²) in [6.07, 6.45) is -3.85. The van der Waals surface area contributed by atoms with Crippen molar-refractivity contribution >= 4 is 0 Å². The van der Waals surface area contributed by atoms with E-state index in [0.717, 1.165) is 0 Å². The highest BCUT2D eigenvalue weighted by Gasteiger charge is 2.29. The molecular formula is C9H14F3N3O. The summed E-state index contributed by atoms with van der Waals surface area (Å²) in [5.41, 5.74) is 6.16. The standard InChI is InChI=1S/C9H14F3N3O/c1-15-8(7(16-2)5-14-15)6(13)3-4-9(10,11)12/h5-6H,3-4,13H2,1-2H3. The molecule has 7 heteroatoms. The molecule has 4 nitrogen and oxygen atoms in total. The minimum atomic E-state index is -4.19. The van der Waals surface area contributed by atoms with Gasteiger partial charge in [0.05, 0.1) is 25.0 Å². The quantitative estimate of drug-likeness (QED) is 0.868. The molecule has 1 unspecified atom stereocenters. The number of methoxy groups -OCH3 is 1. The van der Waals surface area contributed by atoms with Crippen molar-refractivity contribution in [3.05, 3.63) is 11.9 Å². The molecule has 1 atom stereocenters. The van der Waals surface area contributed by atoms with Gasteiger partial charge in [-0.1, -0.05) is 0 Å². The number of rotatable bonds is 4. The Labute approximate surface area is 91.2 Å². The molecule has 0 saturated heterocycles. The number of ether oxygens (including phenoxy) is 1. The second-order valence-electron chi connectivity index (χ2n) is 3.48. The number of aromatic nitrogens is 2. The van der Waals surface area contributed by atoms with Crippen LogP contribution in [0.2, 0.25) is 0 Å². The molecule has 0 saturated carbocycles. The van der Waals surface area contributed by atoms with Crippen molar-refractivity contribution in [1.82, 2.24) is 9.78 Å². The molecule has 0 aliphatic heterocycles. The second-order valence-corrected chi connectivity index (χ2v) is 3.48. The minimum Gasteiger partial charge on any atom is -0.493 e. The molecule has 92 valence electrons. The van der Waals surface area contributed by atoms with E-state index in [1.807, 2.05) is 0 Å². The molecule has 1 rings (SSSR count). The predicted octanol–water partition coefficient (Wildman–Crippen LogP) is 1.77. The zero-order valence-electron chi connectivity index (χ0n) is 9.08. The van der Waals surface area contributed by atoms with Crippen LogP contribution in [0.1, 0.15) is 24.6 Å². The van der Waals surface area contributed by atoms with Crippen molar-refractivity contribution < 1.29 is 17.9 Å². The number of aryl methyl sites for hydroxylation is 1. The first-order chi connectivity index (χ1) is 7.35. The molecule has 0 amide bonds. The number of hydrogen-bond donors (Lipinski definition) is 1. The highest BCUT2D eigenvalue weighted by molar-refractivity contribution is 5.27. The maximum atomic E-state index is 12.0. The Hall–Kier alpha value is -1.24. The smallest absolute Gasteiger partial charge is 0.389 e. The normalized spacial score (nSPS) is 13.9. The van der Waals surface area contributed by atoms with Gasteiger partial charge in [0.25, 0.3) is 0 Å². The third kappa shape index (κ3) is 3.13. The third-order valence-corrected chi connectivity index (χ3v) is 2.26. The zero-order chi connectivity index (χ0) is 12.3. The molecule has 2 N–H and O–H groups in total. The SMILES string of the molecule is COc1cnn(C)c1C(N)CCC(F)(F)F. The van der Waals surface area contributed by atoms with Crippen molar-refractivity contribution in [2.45, 2.75) is 25.1 Å². The van der Waals surface area contributed by atoms with Gasteiger partial charge in [-0.05, 0) is 6.42 Å². The first-order valence-corrected chi connectivity index (χ1v) is 4.73. The van der Waals surface area contributed by atoms with Crippen molar-refractivity contribution in [2.75, 3.05) is 7.11 Å². The van der Waals surface area contributed by atoms with Crippen molar-refractivity contribution in [2.24, 2.45) is 12.8 Å². The largest absolute Gasteiger partial charge is 0.493 e. The van der Waals surface area contributed by atoms with Crippen LogP contribution in [0.15, 0.2) is 6.20 Å². The summed E-state index contributed by atoms with van der Waals surface area (Å²) in [5, 5.41) is 3.88. The van der Waals surface area contributed by atoms with Crippen LogP contribution < -0.4 is 10.5 Å². The fourth-order valence-corrected chi connectivity index (χ4v) is 1.46. The molecule has 0 spiro atoms. The molecule has 0 aromatic carbocycles. The molecular weight excluding hydrogens is 223 g/mol. The number of alkyl halides is 3. The second kappa shape index (κ2) is 4.73. The Kier molecular flexibility index (Phi) is 3.79. The lowest BCUT2D eigenvalue weighted by molar-refractivity contribution is -0.136. The van der Waals surface area contributed by atoms with Gasteiger partial charge in [-0.3, -0.25) is 4.68 Å². The van der Waals surface area contributed by atoms with Gasteiger partial charge in [0.15, 0.2) is 5.75 Å². The number of nitrogens with two attached hydrogens (primary N) is 1. The van der Waals surface area contributed by atoms with Crippen molar-refractivity contribution in [1.29, 1.82) is 0 Å². The van der Waals surface area contributed by atoms with Crippen LogP contribution in [0, 0.1) is 0 Å². The van der Waals surface area contributed by atoms with E-state index >= 15 is 0 Å². The van der Waals surface area contributed by atoms with E-state index < -0.39 is 18.6 Å². The number of halogens is 3. The van der Waals surface area contributed by atoms with E-state index in [4.69, 9.17) is 10.5 Å². The van der Waals surface area contributed by atoms with Crippen LogP contribution in [0.3, 0.4) is 0 Å². The highest BCUT2D eigenvalue weighted by Crippen LogP contribution is 2.29. The first-order valence-electron chi connectivity index (χ1n) is 4.73. The lowest BCUT2D eigenvalue weighted by Crippen LogP contribution is -2.19. The van der Waals surface area contributed by atoms with Gasteiger partial charge in [-0.15, -0.1) is 0 Å². The van der Waals surface area contributed by atoms with E-state index in [1.54, 1.807) is 7.05 Å². The van der Waals surface area contributed by atoms with Crippen LogP contribution in [-0.2, 0) is 7.05 Å². The Balaban J connectivity index is 2.72. The van der Waals surface area contributed by atoms with Crippen LogP contribution in [0.4, 0.5) is 13.2 Å². The van der Waals surface area contributed by atoms with Gasteiger partial charge in [-0.2, -0.15) is 18.3 Å². The van der Waals surface area contributed by atoms with Gasteiger partial charge in [-0.25, -0.2) is 0 Å². The maximum absolute atomic E-state index is 12.0. The van der Waals surface area contributed by atoms with Crippen LogP contribution in [-0.4, -0.2) is 23.1 Å². The van der Waals surface area contributed by atoms with Crippen LogP contribution in [0.25, 0.3) is 0 Å². The van der Waals surface area contributed by atoms with E-state index in [0.29, 0.717) is 11.4 Å². The van der Waals surface area contributed by atoms with Gasteiger partial charge in [0.2, 0.25) is 0 Å². The van der Waals surface area contributed by atoms with Crippen molar-refractivity contribution in [3.63, 3.8) is 0 Å². The molecule has 0 radical (unpaired) electrons. The molecule has 0 fully saturated rings. The summed E-state index contributed by atoms with van der Waals surface area (Å²) in [4.78, 5) is 0. The molecule has 16 heavy (non-hydrogen) atoms. The van der Waals surface area contributed by atoms with Gasteiger partial charge < -0.3 is 10.5 Å². The minimum absolute atomic E-state index is 0.181. The molecule has 0 aliphatic carbocycles. The molecule has 0 aliphatic rings. The van der Waals surface area contributed by atoms with Gasteiger partial charge in [0.1, 0.15) is 0 Å². The Morgan fingerprint density at radius 2 is 2.19 bits per heavy atom. The average Bonchev–Trinajstić information content (AvgIpc) is 2.55. The highest BCUT2D eigenvalue weighted by atomic mass is 19.4. The Morgan fingerprint density at radius 3 is 2.69 bits per heavy atom. The summed E-state index contributed by atoms with van der Waals surface area (Å²) in [5.74, 6) is 0.414. The van der Waals surface area contributed by atoms with Crippen LogP contribution >= 0.6 is 0 Å². The summed E-state index contributed by atoms with van der Waals surface area (Å²) in [6.45, 7) is 0. The fourth-order valence-electron chi connectivity index (χ4n) is 1.46. The molecule has 1 heterocycles. The van der Waals surface area contributed by atoms with Gasteiger partial charge in [0, 0.05) is 13.5 Å². The molecule has 0 bridgehead atoms. The topological polar surface area (TPSA) is 53.1 Å². The van der Waals surface area contributed by atoms with E-state index in [9.17, 15) is 13.2 Å². The lowest BCUT2D eigenvalue weighted by Gasteiger charge is -2.14. The molecule has 1 aromatic rings. The zero-order valence-corrected chi connectivity index (χ0v) is 9.08. The monoisotopic (exact) mass is 237 g/mol. The van der Waals surface area contributed by atoms with E-state index in [2.05, 4.69) is 5.10 Å². The number of nitrogens with zero attached hydrogens (tertiary/aromatic N) is 2. The van der Waals surface area contributed by atoms with Crippen molar-refractivity contribution in [3.8, 4) is 5.75 Å². The lowest BCUT2D eigenvalue weighted by atomic mass is 10.1. The number of hydrogen-bond acceptors (Lipinski definition) is 3. The van der Waals surface area contributed by atoms with E-state index in [-0.39, 0.29) is 6.42 Å². The average molecular weight is 237 g/mol. The Morgan fingerprint density at radius 1 is 1.56 bits per heavy atom. The summed E-state index contributed by atoms with van der Waals surface area (Å²) >= 11 is 0. The predicted molar refractivity (Wildman–Crippen MR) is 52.0 cm³/mol. The maximum Gasteiger partial charge on any atom is 0.389 e. The Bertz CT molecular complexity index is 348. The van der Waals surface area contributed by atoms with Gasteiger partial charge >= 0.3 is 6.18 Å². The summed E-state index contributed by atoms with van der Waals surface area (Å²) < 4.78 is 42.5. The van der Waals surface area contributed by atoms with Crippen LogP contribution in [0.5, 0.6) is 5.75 Å². The summed E-state index contributed by atoms with van der Waals surface area (Å²) in [6, 6.07) is -0.732. The van der Waals surface area contributed by atoms with E-state index in [1.165, 1.54) is 18.0 Å². The first kappa shape index (κ1) is 12.8. The third-order valence-electron chi connectivity index (χ3n) is 2.26.